The van der Waals surface area contributed by atoms with Gasteiger partial charge in [0.05, 0.1) is 4.90 Å². The van der Waals surface area contributed by atoms with Crippen LogP contribution in [0.4, 0.5) is 4.79 Å². The highest BCUT2D eigenvalue weighted by atomic mass is 35.5. The summed E-state index contributed by atoms with van der Waals surface area (Å²) < 4.78 is 31.1. The van der Waals surface area contributed by atoms with Gasteiger partial charge in [0.25, 0.3) is 5.56 Å². The molecule has 0 radical (unpaired) electrons. The molecule has 3 aromatic rings. The van der Waals surface area contributed by atoms with Crippen LogP contribution in [0.3, 0.4) is 0 Å². The number of hydrogen-bond donors (Lipinski definition) is 1. The first-order valence-corrected chi connectivity index (χ1v) is 12.8. The normalized spacial score (nSPS) is 15.6. The van der Waals surface area contributed by atoms with E-state index in [1.54, 1.807) is 30.5 Å². The molecule has 0 aliphatic carbocycles. The first-order valence-electron chi connectivity index (χ1n) is 10.5. The Bertz CT molecular complexity index is 1380. The number of piperidine rings is 1. The van der Waals surface area contributed by atoms with Crippen molar-refractivity contribution < 1.29 is 23.1 Å². The number of rotatable bonds is 5. The Morgan fingerprint density at radius 3 is 2.26 bits per heavy atom. The third-order valence-electron chi connectivity index (χ3n) is 5.95. The van der Waals surface area contributed by atoms with E-state index in [2.05, 4.69) is 0 Å². The van der Waals surface area contributed by atoms with Crippen molar-refractivity contribution in [3.05, 3.63) is 87.8 Å². The molecule has 2 aromatic carbocycles. The number of halogens is 1. The molecule has 4 rings (SSSR count). The molecule has 0 atom stereocenters. The molecule has 1 saturated heterocycles. The maximum Gasteiger partial charge on any atom is 0.407 e. The monoisotopic (exact) mass is 502 g/mol. The van der Waals surface area contributed by atoms with E-state index in [9.17, 15) is 23.1 Å². The molecule has 1 fully saturated rings. The number of carbonyl (C=O) groups is 1. The van der Waals surface area contributed by atoms with Crippen LogP contribution in [0.2, 0.25) is 5.02 Å². The van der Waals surface area contributed by atoms with E-state index in [1.807, 2.05) is 18.2 Å². The van der Waals surface area contributed by atoms with Gasteiger partial charge >= 0.3 is 6.09 Å². The number of sulfone groups is 1. The lowest BCUT2D eigenvalue weighted by molar-refractivity contribution is 0.00109. The van der Waals surface area contributed by atoms with Crippen molar-refractivity contribution in [2.24, 2.45) is 0 Å². The fourth-order valence-electron chi connectivity index (χ4n) is 4.13. The average Bonchev–Trinajstić information content (AvgIpc) is 2.79. The fourth-order valence-corrected chi connectivity index (χ4v) is 5.07. The lowest BCUT2D eigenvalue weighted by Crippen LogP contribution is -2.47. The molecule has 34 heavy (non-hydrogen) atoms. The predicted octanol–water partition coefficient (Wildman–Crippen LogP) is 3.94. The van der Waals surface area contributed by atoms with E-state index in [-0.39, 0.29) is 23.5 Å². The minimum absolute atomic E-state index is 0.165. The fraction of sp³-hybridized carbons (Fsp3) is 0.250. The van der Waals surface area contributed by atoms with Crippen molar-refractivity contribution in [2.75, 3.05) is 19.3 Å². The minimum atomic E-state index is -3.34. The van der Waals surface area contributed by atoms with Gasteiger partial charge in [-0.2, -0.15) is 0 Å². The summed E-state index contributed by atoms with van der Waals surface area (Å²) >= 11 is 6.48. The lowest BCUT2D eigenvalue weighted by atomic mass is 9.84. The van der Waals surface area contributed by atoms with Crippen molar-refractivity contribution in [1.29, 1.82) is 0 Å². The molecule has 1 aliphatic heterocycles. The highest BCUT2D eigenvalue weighted by Gasteiger charge is 2.41. The van der Waals surface area contributed by atoms with Crippen LogP contribution in [0.5, 0.6) is 5.75 Å². The Balaban J connectivity index is 1.65. The van der Waals surface area contributed by atoms with Gasteiger partial charge in [-0.15, -0.1) is 0 Å². The van der Waals surface area contributed by atoms with Gasteiger partial charge in [0.1, 0.15) is 11.4 Å². The minimum Gasteiger partial charge on any atom is -0.482 e. The first kappa shape index (κ1) is 23.8. The zero-order valence-corrected chi connectivity index (χ0v) is 19.9. The van der Waals surface area contributed by atoms with E-state index >= 15 is 0 Å². The Kier molecular flexibility index (Phi) is 6.42. The number of aromatic nitrogens is 1. The van der Waals surface area contributed by atoms with Crippen molar-refractivity contribution in [3.63, 3.8) is 0 Å². The molecule has 1 N–H and O–H groups in total. The summed E-state index contributed by atoms with van der Waals surface area (Å²) in [4.78, 5) is 25.8. The second-order valence-electron chi connectivity index (χ2n) is 8.18. The molecule has 10 heteroatoms. The van der Waals surface area contributed by atoms with Crippen LogP contribution in [0.25, 0.3) is 5.69 Å². The van der Waals surface area contributed by atoms with E-state index in [0.717, 1.165) is 11.8 Å². The molecule has 8 nitrogen and oxygen atoms in total. The number of likely N-dealkylation sites (tertiary alicyclic amines) is 1. The number of ether oxygens (including phenoxy) is 1. The third-order valence-corrected chi connectivity index (χ3v) is 7.41. The standard InChI is InChI=1S/C24H23ClN2O6S/c1-34(31,32)19-8-6-17(7-9-19)27-13-10-18(16-22(27)28)33-24(20-4-2-3-5-21(20)25)11-14-26(15-12-24)23(29)30/h2-10,13,16H,11-12,14-15H2,1H3,(H,29,30). The lowest BCUT2D eigenvalue weighted by Gasteiger charge is -2.41. The van der Waals surface area contributed by atoms with Crippen LogP contribution in [-0.4, -0.2) is 48.4 Å². The van der Waals surface area contributed by atoms with Crippen LogP contribution >= 0.6 is 11.6 Å². The van der Waals surface area contributed by atoms with Crippen molar-refractivity contribution >= 4 is 27.5 Å². The Labute approximate surface area is 201 Å². The Hall–Kier alpha value is -3.30. The third kappa shape index (κ3) is 4.80. The number of hydrogen-bond acceptors (Lipinski definition) is 5. The second kappa shape index (κ2) is 9.15. The van der Waals surface area contributed by atoms with Crippen LogP contribution < -0.4 is 10.3 Å². The first-order chi connectivity index (χ1) is 16.1. The van der Waals surface area contributed by atoms with Crippen molar-refractivity contribution in [3.8, 4) is 11.4 Å². The van der Waals surface area contributed by atoms with Gasteiger partial charge in [0.2, 0.25) is 0 Å². The Morgan fingerprint density at radius 1 is 1.06 bits per heavy atom. The summed E-state index contributed by atoms with van der Waals surface area (Å²) in [6.07, 6.45) is 2.44. The molecule has 178 valence electrons. The summed E-state index contributed by atoms with van der Waals surface area (Å²) in [7, 11) is -3.34. The molecular formula is C24H23ClN2O6S. The van der Waals surface area contributed by atoms with Gasteiger partial charge in [-0.25, -0.2) is 13.2 Å². The topological polar surface area (TPSA) is 106 Å². The van der Waals surface area contributed by atoms with Gasteiger partial charge in [-0.1, -0.05) is 29.8 Å². The molecule has 0 spiro atoms. The zero-order valence-electron chi connectivity index (χ0n) is 18.3. The summed E-state index contributed by atoms with van der Waals surface area (Å²) in [5, 5.41) is 9.85. The molecular weight excluding hydrogens is 480 g/mol. The van der Waals surface area contributed by atoms with Crippen LogP contribution in [0.15, 0.2) is 76.6 Å². The molecule has 0 saturated carbocycles. The summed E-state index contributed by atoms with van der Waals surface area (Å²) in [6.45, 7) is 0.536. The van der Waals surface area contributed by atoms with E-state index in [4.69, 9.17) is 16.3 Å². The number of amides is 1. The Morgan fingerprint density at radius 2 is 1.71 bits per heavy atom. The van der Waals surface area contributed by atoms with Crippen LogP contribution in [-0.2, 0) is 15.4 Å². The van der Waals surface area contributed by atoms with E-state index in [0.29, 0.717) is 29.3 Å². The van der Waals surface area contributed by atoms with Crippen LogP contribution in [0.1, 0.15) is 18.4 Å². The predicted molar refractivity (Wildman–Crippen MR) is 128 cm³/mol. The zero-order chi connectivity index (χ0) is 24.5. The molecule has 0 bridgehead atoms. The smallest absolute Gasteiger partial charge is 0.407 e. The maximum absolute atomic E-state index is 12.9. The van der Waals surface area contributed by atoms with Gasteiger partial charge in [-0.3, -0.25) is 9.36 Å². The molecule has 1 amide bonds. The van der Waals surface area contributed by atoms with Gasteiger partial charge < -0.3 is 14.7 Å². The molecule has 2 heterocycles. The largest absolute Gasteiger partial charge is 0.482 e. The van der Waals surface area contributed by atoms with Gasteiger partial charge in [0.15, 0.2) is 9.84 Å². The summed E-state index contributed by atoms with van der Waals surface area (Å²) in [5.41, 5.74) is 0.00345. The van der Waals surface area contributed by atoms with Crippen LogP contribution in [0, 0.1) is 0 Å². The quantitative estimate of drug-likeness (QED) is 0.566. The summed E-state index contributed by atoms with van der Waals surface area (Å²) in [5.74, 6) is 0.331. The number of pyridine rings is 1. The molecule has 0 unspecified atom stereocenters. The van der Waals surface area contributed by atoms with Gasteiger partial charge in [-0.05, 0) is 36.4 Å². The number of nitrogens with zero attached hydrogens (tertiary/aromatic N) is 2. The molecule has 1 aromatic heterocycles. The highest BCUT2D eigenvalue weighted by Crippen LogP contribution is 2.40. The van der Waals surface area contributed by atoms with Crippen molar-refractivity contribution in [1.82, 2.24) is 9.47 Å². The second-order valence-corrected chi connectivity index (χ2v) is 10.6. The summed E-state index contributed by atoms with van der Waals surface area (Å²) in [6, 6.07) is 16.3. The SMILES string of the molecule is CS(=O)(=O)c1ccc(-n2ccc(OC3(c4ccccc4Cl)CCN(C(=O)O)CC3)cc2=O)cc1. The maximum atomic E-state index is 12.9. The van der Waals surface area contributed by atoms with E-state index in [1.165, 1.54) is 27.7 Å². The number of benzene rings is 2. The van der Waals surface area contributed by atoms with Crippen molar-refractivity contribution in [2.45, 2.75) is 23.3 Å². The number of carboxylic acid groups (broad SMARTS) is 1. The van der Waals surface area contributed by atoms with Gasteiger partial charge in [0, 0.05) is 60.7 Å². The average molecular weight is 503 g/mol. The highest BCUT2D eigenvalue weighted by molar-refractivity contribution is 7.90. The van der Waals surface area contributed by atoms with E-state index < -0.39 is 21.5 Å². The molecule has 1 aliphatic rings.